The molecule has 3 aliphatic rings. The van der Waals surface area contributed by atoms with Gasteiger partial charge in [-0.2, -0.15) is 0 Å². The van der Waals surface area contributed by atoms with Crippen molar-refractivity contribution < 1.29 is 23.5 Å². The van der Waals surface area contributed by atoms with Crippen LogP contribution in [0.5, 0.6) is 0 Å². The maximum atomic E-state index is 14.9. The number of aliphatic hydroxyl groups is 1. The summed E-state index contributed by atoms with van der Waals surface area (Å²) in [6.07, 6.45) is 1.28. The van der Waals surface area contributed by atoms with Crippen LogP contribution in [0.1, 0.15) is 64.0 Å². The number of amides is 2. The molecule has 1 saturated heterocycles. The Balaban J connectivity index is 1.69. The van der Waals surface area contributed by atoms with Gasteiger partial charge in [-0.1, -0.05) is 50.0 Å². The number of fused-ring (bicyclic) bond motifs is 2. The van der Waals surface area contributed by atoms with E-state index in [9.17, 15) is 23.5 Å². The standard InChI is InChI=1S/C28H31Cl2F2N3O3/c1-26(2,3)12-21-28(15-8-19(32)17(30)9-20(15)34-25(28)37)22(13-5-6-18(31)16(29)7-13)23(35-21)24(36)33-14-10-27(4,38)11-14/h5-9,14,21-23,35,38H,10-12H2,1-4H3,(H,33,36)(H,34,37)/t14-,21-,22+,23-,27-,28+/m1/s1. The monoisotopic (exact) mass is 565 g/mol. The molecule has 0 bridgehead atoms. The van der Waals surface area contributed by atoms with Gasteiger partial charge in [0.1, 0.15) is 17.0 Å². The molecular formula is C28H31Cl2F2N3O3. The van der Waals surface area contributed by atoms with Crippen LogP contribution >= 0.6 is 23.2 Å². The summed E-state index contributed by atoms with van der Waals surface area (Å²) < 4.78 is 29.2. The van der Waals surface area contributed by atoms with Crippen molar-refractivity contribution in [2.45, 2.75) is 82.0 Å². The minimum Gasteiger partial charge on any atom is -0.390 e. The molecule has 4 atom stereocenters. The van der Waals surface area contributed by atoms with Gasteiger partial charge in [0.15, 0.2) is 0 Å². The first-order valence-electron chi connectivity index (χ1n) is 12.7. The Morgan fingerprint density at radius 2 is 1.79 bits per heavy atom. The molecule has 2 amide bonds. The van der Waals surface area contributed by atoms with E-state index in [2.05, 4.69) is 16.0 Å². The molecule has 38 heavy (non-hydrogen) atoms. The molecule has 2 aromatic carbocycles. The van der Waals surface area contributed by atoms with Gasteiger partial charge in [0, 0.05) is 23.7 Å². The van der Waals surface area contributed by atoms with Crippen molar-refractivity contribution in [2.75, 3.05) is 5.32 Å². The van der Waals surface area contributed by atoms with Crippen molar-refractivity contribution >= 4 is 40.7 Å². The van der Waals surface area contributed by atoms with E-state index in [1.807, 2.05) is 20.8 Å². The lowest BCUT2D eigenvalue weighted by atomic mass is 9.62. The highest BCUT2D eigenvalue weighted by molar-refractivity contribution is 6.31. The number of carbonyl (C=O) groups is 2. The van der Waals surface area contributed by atoms with Gasteiger partial charge in [-0.3, -0.25) is 9.59 Å². The lowest BCUT2D eigenvalue weighted by molar-refractivity contribution is -0.127. The fraction of sp³-hybridized carbons (Fsp3) is 0.500. The largest absolute Gasteiger partial charge is 0.390 e. The van der Waals surface area contributed by atoms with Crippen LogP contribution in [-0.4, -0.2) is 40.6 Å². The summed E-state index contributed by atoms with van der Waals surface area (Å²) in [5.74, 6) is -2.93. The molecular weight excluding hydrogens is 535 g/mol. The van der Waals surface area contributed by atoms with E-state index in [1.165, 1.54) is 30.3 Å². The van der Waals surface area contributed by atoms with Crippen molar-refractivity contribution in [3.63, 3.8) is 0 Å². The Kier molecular flexibility index (Phi) is 6.58. The van der Waals surface area contributed by atoms with Crippen molar-refractivity contribution in [2.24, 2.45) is 5.41 Å². The molecule has 1 aliphatic carbocycles. The summed E-state index contributed by atoms with van der Waals surface area (Å²) >= 11 is 12.3. The molecule has 1 saturated carbocycles. The Labute approximate surface area is 230 Å². The maximum absolute atomic E-state index is 14.9. The van der Waals surface area contributed by atoms with Gasteiger partial charge < -0.3 is 21.1 Å². The zero-order valence-electron chi connectivity index (χ0n) is 21.6. The minimum absolute atomic E-state index is 0.132. The van der Waals surface area contributed by atoms with Crippen LogP contribution in [0.2, 0.25) is 10.0 Å². The van der Waals surface area contributed by atoms with E-state index in [0.29, 0.717) is 36.1 Å². The smallest absolute Gasteiger partial charge is 0.238 e. The lowest BCUT2D eigenvalue weighted by Gasteiger charge is -2.42. The summed E-state index contributed by atoms with van der Waals surface area (Å²) in [4.78, 5) is 27.9. The molecule has 204 valence electrons. The van der Waals surface area contributed by atoms with Gasteiger partial charge in [-0.05, 0) is 67.0 Å². The molecule has 2 heterocycles. The highest BCUT2D eigenvalue weighted by atomic mass is 35.5. The number of hydrogen-bond acceptors (Lipinski definition) is 4. The second-order valence-corrected chi connectivity index (χ2v) is 13.2. The summed E-state index contributed by atoms with van der Waals surface area (Å²) in [5.41, 5.74) is -1.30. The average molecular weight is 566 g/mol. The molecule has 4 N–H and O–H groups in total. The third-order valence-electron chi connectivity index (χ3n) is 8.00. The predicted molar refractivity (Wildman–Crippen MR) is 142 cm³/mol. The van der Waals surface area contributed by atoms with E-state index in [1.54, 1.807) is 6.92 Å². The molecule has 10 heteroatoms. The molecule has 0 aromatic heterocycles. The van der Waals surface area contributed by atoms with E-state index < -0.39 is 46.6 Å². The van der Waals surface area contributed by atoms with Crippen molar-refractivity contribution in [3.05, 3.63) is 63.1 Å². The SMILES string of the molecule is CC(C)(C)C[C@H]1N[C@@H](C(=O)N[C@H]2C[C@](C)(O)C2)[C@H](c2ccc(F)c(Cl)c2)[C@@]12C(=O)Nc1cc(Cl)c(F)cc12. The number of anilines is 1. The van der Waals surface area contributed by atoms with Crippen molar-refractivity contribution in [1.82, 2.24) is 10.6 Å². The maximum Gasteiger partial charge on any atom is 0.238 e. The number of halogens is 4. The van der Waals surface area contributed by atoms with Gasteiger partial charge in [0.2, 0.25) is 11.8 Å². The molecule has 2 fully saturated rings. The predicted octanol–water partition coefficient (Wildman–Crippen LogP) is 5.05. The fourth-order valence-electron chi connectivity index (χ4n) is 6.53. The molecule has 0 radical (unpaired) electrons. The van der Waals surface area contributed by atoms with E-state index in [4.69, 9.17) is 23.2 Å². The van der Waals surface area contributed by atoms with E-state index in [-0.39, 0.29) is 27.4 Å². The van der Waals surface area contributed by atoms with E-state index in [0.717, 1.165) is 0 Å². The molecule has 1 spiro atoms. The van der Waals surface area contributed by atoms with Crippen LogP contribution in [0.3, 0.4) is 0 Å². The van der Waals surface area contributed by atoms with Crippen molar-refractivity contribution in [3.8, 4) is 0 Å². The highest BCUT2D eigenvalue weighted by Gasteiger charge is 2.66. The van der Waals surface area contributed by atoms with Crippen LogP contribution in [-0.2, 0) is 15.0 Å². The van der Waals surface area contributed by atoms with Gasteiger partial charge in [-0.25, -0.2) is 8.78 Å². The van der Waals surface area contributed by atoms with Gasteiger partial charge >= 0.3 is 0 Å². The number of nitrogens with one attached hydrogen (secondary N) is 3. The number of benzene rings is 2. The molecule has 2 aliphatic heterocycles. The Bertz CT molecular complexity index is 1320. The second-order valence-electron chi connectivity index (χ2n) is 12.4. The minimum atomic E-state index is -1.41. The van der Waals surface area contributed by atoms with Crippen LogP contribution in [0, 0.1) is 17.0 Å². The first kappa shape index (κ1) is 27.3. The Morgan fingerprint density at radius 3 is 2.39 bits per heavy atom. The highest BCUT2D eigenvalue weighted by Crippen LogP contribution is 2.57. The Morgan fingerprint density at radius 1 is 1.13 bits per heavy atom. The zero-order valence-corrected chi connectivity index (χ0v) is 23.1. The molecule has 0 unspecified atom stereocenters. The summed E-state index contributed by atoms with van der Waals surface area (Å²) in [6.45, 7) is 7.77. The van der Waals surface area contributed by atoms with Crippen LogP contribution in [0.4, 0.5) is 14.5 Å². The molecule has 5 rings (SSSR count). The van der Waals surface area contributed by atoms with Gasteiger partial charge in [-0.15, -0.1) is 0 Å². The summed E-state index contributed by atoms with van der Waals surface area (Å²) in [7, 11) is 0. The summed E-state index contributed by atoms with van der Waals surface area (Å²) in [5, 5.41) is 19.2. The van der Waals surface area contributed by atoms with Crippen LogP contribution in [0.15, 0.2) is 30.3 Å². The lowest BCUT2D eigenvalue weighted by Crippen LogP contribution is -2.57. The number of carbonyl (C=O) groups excluding carboxylic acids is 2. The third kappa shape index (κ3) is 4.49. The van der Waals surface area contributed by atoms with Gasteiger partial charge in [0.25, 0.3) is 0 Å². The normalized spacial score (nSPS) is 32.2. The number of rotatable bonds is 4. The van der Waals surface area contributed by atoms with Crippen molar-refractivity contribution in [1.29, 1.82) is 0 Å². The quantitative estimate of drug-likeness (QED) is 0.417. The van der Waals surface area contributed by atoms with Gasteiger partial charge in [0.05, 0.1) is 21.7 Å². The molecule has 6 nitrogen and oxygen atoms in total. The zero-order chi connectivity index (χ0) is 27.8. The topological polar surface area (TPSA) is 90.5 Å². The first-order valence-corrected chi connectivity index (χ1v) is 13.4. The van der Waals surface area contributed by atoms with E-state index >= 15 is 0 Å². The first-order chi connectivity index (χ1) is 17.6. The number of hydrogen-bond donors (Lipinski definition) is 4. The second kappa shape index (κ2) is 9.15. The fourth-order valence-corrected chi connectivity index (χ4v) is 6.89. The van der Waals surface area contributed by atoms with Crippen LogP contribution < -0.4 is 16.0 Å². The third-order valence-corrected chi connectivity index (χ3v) is 8.58. The van der Waals surface area contributed by atoms with Crippen LogP contribution in [0.25, 0.3) is 0 Å². The molecule has 2 aromatic rings. The average Bonchev–Trinajstić information content (AvgIpc) is 3.24. The summed E-state index contributed by atoms with van der Waals surface area (Å²) in [6, 6.07) is 5.05. The Hall–Kier alpha value is -2.26.